The lowest BCUT2D eigenvalue weighted by atomic mass is 10.1. The maximum absolute atomic E-state index is 4.96. The fraction of sp³-hybridized carbons (Fsp3) is 0.407. The van der Waals surface area contributed by atoms with Crippen molar-refractivity contribution in [1.82, 2.24) is 34.7 Å². The van der Waals surface area contributed by atoms with Crippen molar-refractivity contribution in [2.45, 2.75) is 25.4 Å². The summed E-state index contributed by atoms with van der Waals surface area (Å²) in [7, 11) is 2.18. The third-order valence-corrected chi connectivity index (χ3v) is 8.02. The van der Waals surface area contributed by atoms with Crippen LogP contribution in [-0.4, -0.2) is 87.1 Å². The van der Waals surface area contributed by atoms with Gasteiger partial charge in [-0.05, 0) is 73.2 Å². The van der Waals surface area contributed by atoms with Gasteiger partial charge in [0.05, 0.1) is 15.9 Å². The number of H-pyrrole nitrogens is 1. The Morgan fingerprint density at radius 1 is 0.973 bits per heavy atom. The second kappa shape index (κ2) is 10.7. The number of nitrogens with one attached hydrogen (secondary N) is 2. The van der Waals surface area contributed by atoms with Crippen molar-refractivity contribution in [3.63, 3.8) is 0 Å². The monoisotopic (exact) mass is 561 g/mol. The Balaban J connectivity index is 1.13. The Morgan fingerprint density at radius 3 is 2.49 bits per heavy atom. The lowest BCUT2D eigenvalue weighted by Gasteiger charge is -2.36. The summed E-state index contributed by atoms with van der Waals surface area (Å²) in [4.78, 5) is 28.8. The topological polar surface area (TPSA) is 89.1 Å². The predicted octanol–water partition coefficient (Wildman–Crippen LogP) is 4.01. The average Bonchev–Trinajstić information content (AvgIpc) is 3.37. The molecule has 2 N–H and O–H groups in total. The number of piperazine rings is 1. The molecule has 0 spiro atoms. The lowest BCUT2D eigenvalue weighted by Crippen LogP contribution is -2.46. The van der Waals surface area contributed by atoms with Gasteiger partial charge in [0, 0.05) is 74.8 Å². The Bertz CT molecular complexity index is 1330. The van der Waals surface area contributed by atoms with Gasteiger partial charge in [-0.15, -0.1) is 0 Å². The number of pyridine rings is 1. The molecule has 0 bridgehead atoms. The Labute approximate surface area is 225 Å². The predicted molar refractivity (Wildman–Crippen MR) is 151 cm³/mol. The molecule has 0 saturated carbocycles. The molecule has 9 nitrogen and oxygen atoms in total. The summed E-state index contributed by atoms with van der Waals surface area (Å²) in [5.41, 5.74) is 6.04. The summed E-state index contributed by atoms with van der Waals surface area (Å²) in [5.74, 6) is 0.840. The van der Waals surface area contributed by atoms with Crippen LogP contribution in [0.3, 0.4) is 0 Å². The summed E-state index contributed by atoms with van der Waals surface area (Å²) >= 11 is 3.69. The van der Waals surface area contributed by atoms with Gasteiger partial charge in [0.2, 0.25) is 0 Å². The first-order valence-electron chi connectivity index (χ1n) is 12.9. The van der Waals surface area contributed by atoms with Gasteiger partial charge >= 0.3 is 0 Å². The van der Waals surface area contributed by atoms with E-state index in [4.69, 9.17) is 4.98 Å². The Hall–Kier alpha value is -3.08. The molecule has 3 aromatic heterocycles. The molecule has 4 aromatic rings. The Morgan fingerprint density at radius 2 is 1.76 bits per heavy atom. The van der Waals surface area contributed by atoms with Crippen molar-refractivity contribution in [1.29, 1.82) is 0 Å². The first-order chi connectivity index (χ1) is 18.1. The van der Waals surface area contributed by atoms with Gasteiger partial charge in [-0.25, -0.2) is 9.97 Å². The summed E-state index contributed by atoms with van der Waals surface area (Å²) in [6.07, 6.45) is 9.44. The second-order valence-electron chi connectivity index (χ2n) is 9.99. The minimum Gasteiger partial charge on any atom is -0.379 e. The number of anilines is 2. The number of hydrogen-bond acceptors (Lipinski definition) is 8. The molecule has 1 aromatic carbocycles. The molecule has 0 radical (unpaired) electrons. The molecular formula is C27H32BrN9. The number of aromatic amines is 1. The van der Waals surface area contributed by atoms with Gasteiger partial charge in [-0.2, -0.15) is 0 Å². The molecule has 2 aliphatic rings. The minimum absolute atomic E-state index is 0.443. The zero-order chi connectivity index (χ0) is 25.2. The van der Waals surface area contributed by atoms with E-state index in [-0.39, 0.29) is 0 Å². The van der Waals surface area contributed by atoms with E-state index in [1.54, 1.807) is 12.4 Å². The third-order valence-electron chi connectivity index (χ3n) is 7.41. The largest absolute Gasteiger partial charge is 0.379 e. The zero-order valence-corrected chi connectivity index (χ0v) is 22.7. The minimum atomic E-state index is 0.443. The van der Waals surface area contributed by atoms with Crippen LogP contribution in [0.15, 0.2) is 53.5 Å². The van der Waals surface area contributed by atoms with Crippen LogP contribution in [0.25, 0.3) is 22.6 Å². The molecule has 5 heterocycles. The zero-order valence-electron chi connectivity index (χ0n) is 21.1. The molecule has 192 valence electrons. The van der Waals surface area contributed by atoms with Crippen LogP contribution in [-0.2, 0) is 6.54 Å². The third kappa shape index (κ3) is 5.46. The van der Waals surface area contributed by atoms with Gasteiger partial charge in [0.15, 0.2) is 5.65 Å². The molecule has 0 aliphatic carbocycles. The van der Waals surface area contributed by atoms with Crippen LogP contribution in [0.2, 0.25) is 0 Å². The standard InChI is InChI=1S/C27H32BrN9/c1-35-10-6-20(7-11-35)32-24-23(28)17-31-27-25(24)33-26(34-27)19-2-4-22(5-3-19)37-14-12-36(13-15-37)18-21-16-29-8-9-30-21/h2-5,8-9,16-17,20H,6-7,10-15,18H2,1H3,(H2,31,32,33,34). The van der Waals surface area contributed by atoms with Crippen LogP contribution in [0.1, 0.15) is 18.5 Å². The van der Waals surface area contributed by atoms with Crippen LogP contribution in [0, 0.1) is 0 Å². The van der Waals surface area contributed by atoms with E-state index in [2.05, 4.69) is 87.2 Å². The number of nitrogens with zero attached hydrogens (tertiary/aromatic N) is 7. The molecule has 0 atom stereocenters. The van der Waals surface area contributed by atoms with Crippen molar-refractivity contribution in [3.05, 3.63) is 59.2 Å². The maximum atomic E-state index is 4.96. The fourth-order valence-corrected chi connectivity index (χ4v) is 5.60. The van der Waals surface area contributed by atoms with E-state index >= 15 is 0 Å². The van der Waals surface area contributed by atoms with Crippen molar-refractivity contribution in [2.75, 3.05) is 56.5 Å². The summed E-state index contributed by atoms with van der Waals surface area (Å²) in [6, 6.07) is 9.14. The average molecular weight is 563 g/mol. The molecule has 10 heteroatoms. The number of likely N-dealkylation sites (tertiary alicyclic amines) is 1. The molecular weight excluding hydrogens is 530 g/mol. The van der Waals surface area contributed by atoms with Gasteiger partial charge < -0.3 is 20.1 Å². The summed E-state index contributed by atoms with van der Waals surface area (Å²) < 4.78 is 0.950. The maximum Gasteiger partial charge on any atom is 0.159 e. The molecule has 37 heavy (non-hydrogen) atoms. The number of hydrogen-bond donors (Lipinski definition) is 2. The molecule has 0 unspecified atom stereocenters. The second-order valence-corrected chi connectivity index (χ2v) is 10.8. The van der Waals surface area contributed by atoms with Crippen LogP contribution < -0.4 is 10.2 Å². The van der Waals surface area contributed by atoms with Crippen LogP contribution >= 0.6 is 15.9 Å². The van der Waals surface area contributed by atoms with Gasteiger partial charge in [-0.3, -0.25) is 14.9 Å². The number of imidazole rings is 1. The number of piperidine rings is 1. The number of aromatic nitrogens is 5. The molecule has 2 aliphatic heterocycles. The van der Waals surface area contributed by atoms with Crippen LogP contribution in [0.5, 0.6) is 0 Å². The SMILES string of the molecule is CN1CCC(Nc2c(Br)cnc3[nH]c(-c4ccc(N5CCN(Cc6cnccn6)CC5)cc4)nc23)CC1. The number of fused-ring (bicyclic) bond motifs is 1. The highest BCUT2D eigenvalue weighted by molar-refractivity contribution is 9.10. The summed E-state index contributed by atoms with van der Waals surface area (Å²) in [6.45, 7) is 7.08. The smallest absolute Gasteiger partial charge is 0.159 e. The van der Waals surface area contributed by atoms with E-state index in [1.165, 1.54) is 5.69 Å². The molecule has 0 amide bonds. The number of rotatable bonds is 6. The van der Waals surface area contributed by atoms with Crippen LogP contribution in [0.4, 0.5) is 11.4 Å². The van der Waals surface area contributed by atoms with Gasteiger partial charge in [0.25, 0.3) is 0 Å². The van der Waals surface area contributed by atoms with Crippen molar-refractivity contribution < 1.29 is 0 Å². The molecule has 2 fully saturated rings. The van der Waals surface area contributed by atoms with E-state index in [0.29, 0.717) is 6.04 Å². The lowest BCUT2D eigenvalue weighted by molar-refractivity contribution is 0.247. The highest BCUT2D eigenvalue weighted by Gasteiger charge is 2.21. The number of halogens is 1. The quantitative estimate of drug-likeness (QED) is 0.365. The van der Waals surface area contributed by atoms with E-state index < -0.39 is 0 Å². The van der Waals surface area contributed by atoms with Crippen molar-refractivity contribution in [3.8, 4) is 11.4 Å². The van der Waals surface area contributed by atoms with Crippen molar-refractivity contribution in [2.24, 2.45) is 0 Å². The highest BCUT2D eigenvalue weighted by Crippen LogP contribution is 2.33. The fourth-order valence-electron chi connectivity index (χ4n) is 5.20. The molecule has 6 rings (SSSR count). The normalized spacial score (nSPS) is 17.9. The van der Waals surface area contributed by atoms with E-state index in [9.17, 15) is 0 Å². The Kier molecular flexibility index (Phi) is 7.04. The van der Waals surface area contributed by atoms with Crippen molar-refractivity contribution >= 4 is 38.5 Å². The highest BCUT2D eigenvalue weighted by atomic mass is 79.9. The van der Waals surface area contributed by atoms with Gasteiger partial charge in [-0.1, -0.05) is 0 Å². The molecule has 2 saturated heterocycles. The van der Waals surface area contributed by atoms with E-state index in [1.807, 2.05) is 12.4 Å². The van der Waals surface area contributed by atoms with Gasteiger partial charge in [0.1, 0.15) is 11.3 Å². The summed E-state index contributed by atoms with van der Waals surface area (Å²) in [5, 5.41) is 3.73. The first kappa shape index (κ1) is 24.3. The first-order valence-corrected chi connectivity index (χ1v) is 13.7. The van der Waals surface area contributed by atoms with E-state index in [0.717, 1.165) is 97.1 Å². The number of benzene rings is 1.